The topological polar surface area (TPSA) is 24.5 Å². The number of ether oxygens (including phenoxy) is 1. The van der Waals surface area contributed by atoms with Crippen molar-refractivity contribution in [3.8, 4) is 5.75 Å². The fraction of sp³-hybridized carbons (Fsp3) is 0.417. The van der Waals surface area contributed by atoms with E-state index in [9.17, 15) is 0 Å². The molecule has 0 spiro atoms. The van der Waals surface area contributed by atoms with Crippen LogP contribution < -0.4 is 10.1 Å². The molecule has 17 heavy (non-hydrogen) atoms. The maximum atomic E-state index is 5.40. The zero-order valence-electron chi connectivity index (χ0n) is 9.81. The minimum Gasteiger partial charge on any atom is -0.497 e. The summed E-state index contributed by atoms with van der Waals surface area (Å²) in [5, 5.41) is 4.06. The average molecular weight is 268 g/mol. The molecule has 0 amide bonds. The molecule has 1 aliphatic rings. The van der Waals surface area contributed by atoms with Crippen LogP contribution in [0.3, 0.4) is 0 Å². The van der Waals surface area contributed by atoms with Gasteiger partial charge in [0.1, 0.15) is 5.75 Å². The molecule has 1 N–H and O–H groups in total. The third-order valence-corrected chi connectivity index (χ3v) is 3.92. The SMILES string of the molecule is COc1cccc(NC(=S)N2CCSCC2)c1. The highest BCUT2D eigenvalue weighted by Crippen LogP contribution is 2.18. The van der Waals surface area contributed by atoms with Gasteiger partial charge in [0.15, 0.2) is 5.11 Å². The van der Waals surface area contributed by atoms with Crippen LogP contribution in [0.15, 0.2) is 24.3 Å². The number of methoxy groups -OCH3 is 1. The van der Waals surface area contributed by atoms with Gasteiger partial charge < -0.3 is 15.0 Å². The Morgan fingerprint density at radius 1 is 1.41 bits per heavy atom. The van der Waals surface area contributed by atoms with E-state index < -0.39 is 0 Å². The summed E-state index contributed by atoms with van der Waals surface area (Å²) < 4.78 is 5.18. The molecule has 3 nitrogen and oxygen atoms in total. The molecule has 0 atom stereocenters. The van der Waals surface area contributed by atoms with Gasteiger partial charge in [-0.2, -0.15) is 11.8 Å². The summed E-state index contributed by atoms with van der Waals surface area (Å²) in [7, 11) is 1.67. The molecule has 1 aliphatic heterocycles. The van der Waals surface area contributed by atoms with Gasteiger partial charge in [0.2, 0.25) is 0 Å². The highest BCUT2D eigenvalue weighted by atomic mass is 32.2. The lowest BCUT2D eigenvalue weighted by molar-refractivity contribution is 0.415. The van der Waals surface area contributed by atoms with E-state index in [1.165, 1.54) is 0 Å². The molecular weight excluding hydrogens is 252 g/mol. The van der Waals surface area contributed by atoms with E-state index in [2.05, 4.69) is 10.2 Å². The maximum absolute atomic E-state index is 5.40. The van der Waals surface area contributed by atoms with Gasteiger partial charge >= 0.3 is 0 Å². The van der Waals surface area contributed by atoms with Gasteiger partial charge in [-0.15, -0.1) is 0 Å². The van der Waals surface area contributed by atoms with E-state index in [0.29, 0.717) is 0 Å². The zero-order valence-corrected chi connectivity index (χ0v) is 11.4. The van der Waals surface area contributed by atoms with E-state index in [4.69, 9.17) is 17.0 Å². The molecule has 1 heterocycles. The highest BCUT2D eigenvalue weighted by Gasteiger charge is 2.13. The Bertz CT molecular complexity index is 392. The van der Waals surface area contributed by atoms with Gasteiger partial charge in [-0.1, -0.05) is 6.07 Å². The highest BCUT2D eigenvalue weighted by molar-refractivity contribution is 7.99. The summed E-state index contributed by atoms with van der Waals surface area (Å²) in [5.74, 6) is 3.15. The number of nitrogens with zero attached hydrogens (tertiary/aromatic N) is 1. The Morgan fingerprint density at radius 2 is 2.18 bits per heavy atom. The van der Waals surface area contributed by atoms with Crippen molar-refractivity contribution in [3.05, 3.63) is 24.3 Å². The molecule has 0 radical (unpaired) electrons. The van der Waals surface area contributed by atoms with Gasteiger partial charge in [0, 0.05) is 36.3 Å². The van der Waals surface area contributed by atoms with Gasteiger partial charge in [-0.3, -0.25) is 0 Å². The summed E-state index contributed by atoms with van der Waals surface area (Å²) >= 11 is 7.38. The van der Waals surface area contributed by atoms with Crippen molar-refractivity contribution in [3.63, 3.8) is 0 Å². The fourth-order valence-electron chi connectivity index (χ4n) is 1.67. The molecule has 0 unspecified atom stereocenters. The van der Waals surface area contributed by atoms with Crippen molar-refractivity contribution in [2.75, 3.05) is 37.0 Å². The van der Waals surface area contributed by atoms with Crippen molar-refractivity contribution in [2.24, 2.45) is 0 Å². The number of hydrogen-bond donors (Lipinski definition) is 1. The number of benzene rings is 1. The van der Waals surface area contributed by atoms with Crippen LogP contribution in [-0.4, -0.2) is 41.7 Å². The van der Waals surface area contributed by atoms with Crippen LogP contribution in [0, 0.1) is 0 Å². The van der Waals surface area contributed by atoms with Crippen LogP contribution in [0.25, 0.3) is 0 Å². The largest absolute Gasteiger partial charge is 0.497 e. The molecular formula is C12H16N2OS2. The van der Waals surface area contributed by atoms with Crippen molar-refractivity contribution < 1.29 is 4.74 Å². The van der Waals surface area contributed by atoms with Gasteiger partial charge in [0.05, 0.1) is 7.11 Å². The number of thioether (sulfide) groups is 1. The molecule has 0 aliphatic carbocycles. The average Bonchev–Trinajstić information content (AvgIpc) is 2.40. The molecule has 1 fully saturated rings. The number of anilines is 1. The zero-order chi connectivity index (χ0) is 12.1. The maximum Gasteiger partial charge on any atom is 0.173 e. The molecule has 1 aromatic rings. The standard InChI is InChI=1S/C12H16N2OS2/c1-15-11-4-2-3-10(9-11)13-12(16)14-5-7-17-8-6-14/h2-4,9H,5-8H2,1H3,(H,13,16). The summed E-state index contributed by atoms with van der Waals surface area (Å²) in [6.45, 7) is 2.06. The molecule has 0 aromatic heterocycles. The molecule has 92 valence electrons. The van der Waals surface area contributed by atoms with E-state index >= 15 is 0 Å². The third kappa shape index (κ3) is 3.51. The van der Waals surface area contributed by atoms with Crippen LogP contribution in [0.1, 0.15) is 0 Å². The molecule has 0 bridgehead atoms. The van der Waals surface area contributed by atoms with E-state index in [1.807, 2.05) is 36.0 Å². The number of rotatable bonds is 2. The second-order valence-electron chi connectivity index (χ2n) is 3.76. The van der Waals surface area contributed by atoms with Gasteiger partial charge in [0.25, 0.3) is 0 Å². The second kappa shape index (κ2) is 6.12. The summed E-state index contributed by atoms with van der Waals surface area (Å²) in [6.07, 6.45) is 0. The Hall–Kier alpha value is -0.940. The predicted octanol–water partition coefficient (Wildman–Crippen LogP) is 2.44. The number of hydrogen-bond acceptors (Lipinski definition) is 3. The molecule has 1 saturated heterocycles. The Balaban J connectivity index is 1.96. The first kappa shape index (κ1) is 12.5. The van der Waals surface area contributed by atoms with E-state index in [1.54, 1.807) is 7.11 Å². The van der Waals surface area contributed by atoms with Gasteiger partial charge in [-0.25, -0.2) is 0 Å². The monoisotopic (exact) mass is 268 g/mol. The van der Waals surface area contributed by atoms with Crippen molar-refractivity contribution >= 4 is 34.8 Å². The fourth-order valence-corrected chi connectivity index (χ4v) is 2.87. The minimum absolute atomic E-state index is 0.804. The summed E-state index contributed by atoms with van der Waals surface area (Å²) in [4.78, 5) is 2.21. The van der Waals surface area contributed by atoms with Crippen molar-refractivity contribution in [2.45, 2.75) is 0 Å². The quantitative estimate of drug-likeness (QED) is 0.831. The van der Waals surface area contributed by atoms with Crippen LogP contribution in [0.4, 0.5) is 5.69 Å². The Kier molecular flexibility index (Phi) is 4.50. The summed E-state index contributed by atoms with van der Waals surface area (Å²) in [6, 6.07) is 7.82. The molecule has 2 rings (SSSR count). The first-order valence-corrected chi connectivity index (χ1v) is 7.13. The van der Waals surface area contributed by atoms with Crippen molar-refractivity contribution in [1.82, 2.24) is 4.90 Å². The normalized spacial score (nSPS) is 15.5. The van der Waals surface area contributed by atoms with Crippen LogP contribution in [0.2, 0.25) is 0 Å². The molecule has 0 saturated carbocycles. The number of nitrogens with one attached hydrogen (secondary N) is 1. The molecule has 1 aromatic carbocycles. The Labute approximate surface area is 112 Å². The first-order valence-electron chi connectivity index (χ1n) is 5.57. The number of thiocarbonyl (C=S) groups is 1. The third-order valence-electron chi connectivity index (χ3n) is 2.62. The Morgan fingerprint density at radius 3 is 2.88 bits per heavy atom. The van der Waals surface area contributed by atoms with Crippen LogP contribution in [-0.2, 0) is 0 Å². The summed E-state index contributed by atoms with van der Waals surface area (Å²) in [5.41, 5.74) is 0.979. The lowest BCUT2D eigenvalue weighted by atomic mass is 10.3. The van der Waals surface area contributed by atoms with E-state index in [-0.39, 0.29) is 0 Å². The molecule has 5 heteroatoms. The van der Waals surface area contributed by atoms with E-state index in [0.717, 1.165) is 41.1 Å². The van der Waals surface area contributed by atoms with Gasteiger partial charge in [-0.05, 0) is 24.4 Å². The van der Waals surface area contributed by atoms with Crippen molar-refractivity contribution in [1.29, 1.82) is 0 Å². The van der Waals surface area contributed by atoms with Crippen LogP contribution >= 0.6 is 24.0 Å². The smallest absolute Gasteiger partial charge is 0.173 e. The lowest BCUT2D eigenvalue weighted by Crippen LogP contribution is -2.40. The second-order valence-corrected chi connectivity index (χ2v) is 5.37. The first-order chi connectivity index (χ1) is 8.29. The minimum atomic E-state index is 0.804. The lowest BCUT2D eigenvalue weighted by Gasteiger charge is -2.29. The van der Waals surface area contributed by atoms with Crippen LogP contribution in [0.5, 0.6) is 5.75 Å². The predicted molar refractivity (Wildman–Crippen MR) is 78.1 cm³/mol.